The maximum atomic E-state index is 9.31. The highest BCUT2D eigenvalue weighted by molar-refractivity contribution is 6.33. The number of aromatic hydroxyl groups is 1. The number of phenols is 1. The monoisotopic (exact) mass is 199 g/mol. The van der Waals surface area contributed by atoms with E-state index in [0.717, 1.165) is 12.0 Å². The molecule has 0 spiro atoms. The second-order valence-electron chi connectivity index (χ2n) is 3.06. The molecule has 0 bridgehead atoms. The van der Waals surface area contributed by atoms with E-state index in [-0.39, 0.29) is 16.8 Å². The third-order valence-corrected chi connectivity index (χ3v) is 2.55. The largest absolute Gasteiger partial charge is 0.506 e. The van der Waals surface area contributed by atoms with Crippen molar-refractivity contribution in [3.63, 3.8) is 0 Å². The summed E-state index contributed by atoms with van der Waals surface area (Å²) in [6.07, 6.45) is 0.786. The van der Waals surface area contributed by atoms with Crippen LogP contribution in [0.15, 0.2) is 12.1 Å². The lowest BCUT2D eigenvalue weighted by molar-refractivity contribution is 0.267. The molecule has 0 amide bonds. The molecule has 0 saturated heterocycles. The van der Waals surface area contributed by atoms with Crippen molar-refractivity contribution in [1.82, 2.24) is 0 Å². The summed E-state index contributed by atoms with van der Waals surface area (Å²) >= 11 is 5.85. The smallest absolute Gasteiger partial charge is 0.146 e. The van der Waals surface area contributed by atoms with Crippen molar-refractivity contribution < 1.29 is 9.84 Å². The summed E-state index contributed by atoms with van der Waals surface area (Å²) in [5.41, 5.74) is 6.71. The molecule has 1 aliphatic heterocycles. The van der Waals surface area contributed by atoms with E-state index < -0.39 is 0 Å². The molecule has 3 N–H and O–H groups in total. The SMILES string of the molecule is NC1CCOc2c1ccc(O)c2Cl. The van der Waals surface area contributed by atoms with Gasteiger partial charge in [-0.1, -0.05) is 11.6 Å². The molecule has 13 heavy (non-hydrogen) atoms. The van der Waals surface area contributed by atoms with Crippen LogP contribution in [0.5, 0.6) is 11.5 Å². The number of nitrogens with two attached hydrogens (primary N) is 1. The first-order chi connectivity index (χ1) is 6.20. The normalized spacial score (nSPS) is 20.6. The van der Waals surface area contributed by atoms with Gasteiger partial charge in [0.25, 0.3) is 0 Å². The highest BCUT2D eigenvalue weighted by Crippen LogP contribution is 2.41. The molecule has 1 atom stereocenters. The summed E-state index contributed by atoms with van der Waals surface area (Å²) in [5.74, 6) is 0.565. The third kappa shape index (κ3) is 1.34. The molecule has 1 aromatic carbocycles. The standard InChI is InChI=1S/C9H10ClNO2/c10-8-7(12)2-1-5-6(11)3-4-13-9(5)8/h1-2,6,12H,3-4,11H2. The second kappa shape index (κ2) is 3.09. The summed E-state index contributed by atoms with van der Waals surface area (Å²) in [4.78, 5) is 0. The predicted octanol–water partition coefficient (Wildman–Crippen LogP) is 1.83. The van der Waals surface area contributed by atoms with E-state index in [0.29, 0.717) is 12.4 Å². The van der Waals surface area contributed by atoms with Gasteiger partial charge in [-0.25, -0.2) is 0 Å². The van der Waals surface area contributed by atoms with Crippen molar-refractivity contribution in [3.8, 4) is 11.5 Å². The fourth-order valence-corrected chi connectivity index (χ4v) is 1.67. The number of hydrogen-bond acceptors (Lipinski definition) is 3. The van der Waals surface area contributed by atoms with Gasteiger partial charge in [0.1, 0.15) is 16.5 Å². The maximum Gasteiger partial charge on any atom is 0.146 e. The minimum atomic E-state index is -0.0400. The summed E-state index contributed by atoms with van der Waals surface area (Å²) in [6, 6.07) is 3.25. The van der Waals surface area contributed by atoms with Gasteiger partial charge in [0.15, 0.2) is 0 Å². The van der Waals surface area contributed by atoms with E-state index in [9.17, 15) is 5.11 Å². The molecule has 0 aliphatic carbocycles. The van der Waals surface area contributed by atoms with Crippen molar-refractivity contribution in [3.05, 3.63) is 22.7 Å². The first-order valence-corrected chi connectivity index (χ1v) is 4.47. The molecular weight excluding hydrogens is 190 g/mol. The highest BCUT2D eigenvalue weighted by atomic mass is 35.5. The van der Waals surface area contributed by atoms with Crippen LogP contribution in [-0.4, -0.2) is 11.7 Å². The Morgan fingerprint density at radius 2 is 2.31 bits per heavy atom. The van der Waals surface area contributed by atoms with Gasteiger partial charge in [0.2, 0.25) is 0 Å². The quantitative estimate of drug-likeness (QED) is 0.670. The van der Waals surface area contributed by atoms with Crippen LogP contribution in [0.1, 0.15) is 18.0 Å². The van der Waals surface area contributed by atoms with Crippen LogP contribution in [0.4, 0.5) is 0 Å². The lowest BCUT2D eigenvalue weighted by Crippen LogP contribution is -2.20. The van der Waals surface area contributed by atoms with Crippen LogP contribution >= 0.6 is 11.6 Å². The van der Waals surface area contributed by atoms with Crippen molar-refractivity contribution in [2.75, 3.05) is 6.61 Å². The lowest BCUT2D eigenvalue weighted by Gasteiger charge is -2.23. The zero-order valence-electron chi connectivity index (χ0n) is 6.96. The molecule has 70 valence electrons. The molecule has 0 radical (unpaired) electrons. The van der Waals surface area contributed by atoms with Crippen LogP contribution in [0.2, 0.25) is 5.02 Å². The average Bonchev–Trinajstić information content (AvgIpc) is 2.12. The molecule has 1 aliphatic rings. The topological polar surface area (TPSA) is 55.5 Å². The molecule has 0 fully saturated rings. The van der Waals surface area contributed by atoms with Crippen LogP contribution in [0.25, 0.3) is 0 Å². The van der Waals surface area contributed by atoms with Crippen molar-refractivity contribution in [1.29, 1.82) is 0 Å². The lowest BCUT2D eigenvalue weighted by atomic mass is 10.0. The van der Waals surface area contributed by atoms with Gasteiger partial charge in [-0.3, -0.25) is 0 Å². The van der Waals surface area contributed by atoms with Gasteiger partial charge < -0.3 is 15.6 Å². The Bertz CT molecular complexity index is 341. The van der Waals surface area contributed by atoms with Crippen LogP contribution in [0.3, 0.4) is 0 Å². The van der Waals surface area contributed by atoms with E-state index in [2.05, 4.69) is 0 Å². The summed E-state index contributed by atoms with van der Waals surface area (Å²) in [5, 5.41) is 9.57. The first kappa shape index (κ1) is 8.66. The van der Waals surface area contributed by atoms with E-state index in [1.807, 2.05) is 0 Å². The van der Waals surface area contributed by atoms with Gasteiger partial charge in [-0.15, -0.1) is 0 Å². The molecule has 3 nitrogen and oxygen atoms in total. The molecule has 2 rings (SSSR count). The number of halogens is 1. The van der Waals surface area contributed by atoms with Crippen molar-refractivity contribution in [2.45, 2.75) is 12.5 Å². The van der Waals surface area contributed by atoms with Crippen molar-refractivity contribution in [2.24, 2.45) is 5.73 Å². The number of fused-ring (bicyclic) bond motifs is 1. The number of ether oxygens (including phenoxy) is 1. The van der Waals surface area contributed by atoms with Gasteiger partial charge in [-0.05, 0) is 12.1 Å². The number of rotatable bonds is 0. The fraction of sp³-hybridized carbons (Fsp3) is 0.333. The van der Waals surface area contributed by atoms with Gasteiger partial charge >= 0.3 is 0 Å². The Kier molecular flexibility index (Phi) is 2.06. The number of benzene rings is 1. The Morgan fingerprint density at radius 3 is 3.08 bits per heavy atom. The highest BCUT2D eigenvalue weighted by Gasteiger charge is 2.21. The Morgan fingerprint density at radius 1 is 1.54 bits per heavy atom. The van der Waals surface area contributed by atoms with E-state index in [1.54, 1.807) is 6.07 Å². The number of phenolic OH excluding ortho intramolecular Hbond substituents is 1. The third-order valence-electron chi connectivity index (χ3n) is 2.18. The molecule has 0 aromatic heterocycles. The van der Waals surface area contributed by atoms with Gasteiger partial charge in [0.05, 0.1) is 6.61 Å². The van der Waals surface area contributed by atoms with Crippen LogP contribution in [0, 0.1) is 0 Å². The molecule has 1 unspecified atom stereocenters. The van der Waals surface area contributed by atoms with E-state index >= 15 is 0 Å². The Labute approximate surface area is 81.1 Å². The number of hydrogen-bond donors (Lipinski definition) is 2. The maximum absolute atomic E-state index is 9.31. The molecule has 1 heterocycles. The Hall–Kier alpha value is -0.930. The summed E-state index contributed by atoms with van der Waals surface area (Å²) < 4.78 is 5.33. The minimum Gasteiger partial charge on any atom is -0.506 e. The Balaban J connectivity index is 2.56. The molecule has 1 aromatic rings. The first-order valence-electron chi connectivity index (χ1n) is 4.10. The van der Waals surface area contributed by atoms with Crippen LogP contribution in [-0.2, 0) is 0 Å². The molecular formula is C9H10ClNO2. The minimum absolute atomic E-state index is 0.0366. The fourth-order valence-electron chi connectivity index (χ4n) is 1.44. The zero-order valence-corrected chi connectivity index (χ0v) is 7.71. The predicted molar refractivity (Wildman–Crippen MR) is 50.2 cm³/mol. The van der Waals surface area contributed by atoms with E-state index in [1.165, 1.54) is 6.07 Å². The van der Waals surface area contributed by atoms with Gasteiger partial charge in [0, 0.05) is 18.0 Å². The van der Waals surface area contributed by atoms with Gasteiger partial charge in [-0.2, -0.15) is 0 Å². The molecule has 4 heteroatoms. The summed E-state index contributed by atoms with van der Waals surface area (Å²) in [7, 11) is 0. The van der Waals surface area contributed by atoms with E-state index in [4.69, 9.17) is 22.1 Å². The average molecular weight is 200 g/mol. The van der Waals surface area contributed by atoms with Crippen molar-refractivity contribution >= 4 is 11.6 Å². The zero-order chi connectivity index (χ0) is 9.42. The van der Waals surface area contributed by atoms with Crippen LogP contribution < -0.4 is 10.5 Å². The molecule has 0 saturated carbocycles. The summed E-state index contributed by atoms with van der Waals surface area (Å²) in [6.45, 7) is 0.553. The second-order valence-corrected chi connectivity index (χ2v) is 3.44.